The molecule has 3 aromatic carbocycles. The molecule has 0 aliphatic heterocycles. The van der Waals surface area contributed by atoms with Crippen LogP contribution < -0.4 is 5.32 Å². The smallest absolute Gasteiger partial charge is 0.255 e. The molecule has 1 amide bonds. The number of rotatable bonds is 3. The number of carbonyl (C=O) groups is 1. The van der Waals surface area contributed by atoms with E-state index in [1.54, 1.807) is 4.80 Å². The highest BCUT2D eigenvalue weighted by atomic mass is 16.1. The molecular weight excluding hydrogens is 336 g/mol. The Morgan fingerprint density at radius 3 is 2.22 bits per heavy atom. The molecule has 0 aliphatic carbocycles. The topological polar surface area (TPSA) is 59.8 Å². The Balaban J connectivity index is 1.66. The predicted molar refractivity (Wildman–Crippen MR) is 107 cm³/mol. The first kappa shape index (κ1) is 17.0. The minimum atomic E-state index is -0.129. The summed E-state index contributed by atoms with van der Waals surface area (Å²) in [5.74, 6) is -0.129. The molecule has 0 bridgehead atoms. The summed E-state index contributed by atoms with van der Waals surface area (Å²) in [4.78, 5) is 14.3. The van der Waals surface area contributed by atoms with E-state index in [9.17, 15) is 4.79 Å². The van der Waals surface area contributed by atoms with Gasteiger partial charge in [0.1, 0.15) is 11.0 Å². The zero-order valence-electron chi connectivity index (χ0n) is 15.5. The minimum Gasteiger partial charge on any atom is -0.322 e. The van der Waals surface area contributed by atoms with E-state index in [0.717, 1.165) is 33.5 Å². The standard InChI is InChI=1S/C22H20N4O/c1-14-9-10-17(11-15(14)2)22(27)23-19-13-21-20(12-16(19)3)24-26(25-21)18-7-5-4-6-8-18/h4-13H,1-3H3,(H,23,27). The second-order valence-corrected chi connectivity index (χ2v) is 6.73. The molecule has 0 atom stereocenters. The van der Waals surface area contributed by atoms with Crippen molar-refractivity contribution in [2.75, 3.05) is 5.32 Å². The average molecular weight is 356 g/mol. The molecule has 0 spiro atoms. The van der Waals surface area contributed by atoms with Crippen LogP contribution in [-0.4, -0.2) is 20.9 Å². The fraction of sp³-hybridized carbons (Fsp3) is 0.136. The predicted octanol–water partition coefficient (Wildman–Crippen LogP) is 4.60. The van der Waals surface area contributed by atoms with Crippen LogP contribution in [0.1, 0.15) is 27.0 Å². The molecule has 0 saturated heterocycles. The van der Waals surface area contributed by atoms with Crippen molar-refractivity contribution >= 4 is 22.6 Å². The van der Waals surface area contributed by atoms with Gasteiger partial charge >= 0.3 is 0 Å². The van der Waals surface area contributed by atoms with Crippen molar-refractivity contribution in [1.29, 1.82) is 0 Å². The van der Waals surface area contributed by atoms with E-state index >= 15 is 0 Å². The molecule has 4 rings (SSSR count). The van der Waals surface area contributed by atoms with Gasteiger partial charge in [-0.15, -0.1) is 10.2 Å². The lowest BCUT2D eigenvalue weighted by Gasteiger charge is -2.09. The van der Waals surface area contributed by atoms with Gasteiger partial charge in [0.05, 0.1) is 5.69 Å². The maximum absolute atomic E-state index is 12.6. The highest BCUT2D eigenvalue weighted by Gasteiger charge is 2.12. The number of aromatic nitrogens is 3. The number of carbonyl (C=O) groups excluding carboxylic acids is 1. The Morgan fingerprint density at radius 1 is 0.815 bits per heavy atom. The monoisotopic (exact) mass is 356 g/mol. The molecule has 27 heavy (non-hydrogen) atoms. The van der Waals surface area contributed by atoms with Crippen LogP contribution in [0.15, 0.2) is 60.7 Å². The summed E-state index contributed by atoms with van der Waals surface area (Å²) in [5.41, 5.74) is 7.02. The molecule has 1 N–H and O–H groups in total. The van der Waals surface area contributed by atoms with Crippen LogP contribution in [0.3, 0.4) is 0 Å². The largest absolute Gasteiger partial charge is 0.322 e. The van der Waals surface area contributed by atoms with E-state index in [4.69, 9.17) is 0 Å². The first-order valence-corrected chi connectivity index (χ1v) is 8.83. The van der Waals surface area contributed by atoms with E-state index < -0.39 is 0 Å². The Kier molecular flexibility index (Phi) is 4.20. The molecule has 5 nitrogen and oxygen atoms in total. The van der Waals surface area contributed by atoms with Crippen LogP contribution >= 0.6 is 0 Å². The van der Waals surface area contributed by atoms with Crippen LogP contribution in [0.4, 0.5) is 5.69 Å². The number of amides is 1. The third kappa shape index (κ3) is 3.31. The van der Waals surface area contributed by atoms with E-state index in [-0.39, 0.29) is 5.91 Å². The van der Waals surface area contributed by atoms with Crippen LogP contribution in [0, 0.1) is 20.8 Å². The summed E-state index contributed by atoms with van der Waals surface area (Å²) in [5, 5.41) is 12.1. The van der Waals surface area contributed by atoms with Crippen LogP contribution in [0.2, 0.25) is 0 Å². The van der Waals surface area contributed by atoms with Gasteiger partial charge in [0.2, 0.25) is 0 Å². The van der Waals surface area contributed by atoms with Crippen LogP contribution in [0.25, 0.3) is 16.7 Å². The molecule has 0 aliphatic rings. The summed E-state index contributed by atoms with van der Waals surface area (Å²) < 4.78 is 0. The minimum absolute atomic E-state index is 0.129. The molecule has 5 heteroatoms. The molecule has 0 fully saturated rings. The zero-order chi connectivity index (χ0) is 19.0. The van der Waals surface area contributed by atoms with Crippen LogP contribution in [-0.2, 0) is 0 Å². The normalized spacial score (nSPS) is 10.9. The number of para-hydroxylation sites is 1. The van der Waals surface area contributed by atoms with E-state index in [1.165, 1.54) is 5.56 Å². The third-order valence-electron chi connectivity index (χ3n) is 4.73. The number of nitrogens with one attached hydrogen (secondary N) is 1. The summed E-state index contributed by atoms with van der Waals surface area (Å²) >= 11 is 0. The van der Waals surface area contributed by atoms with Gasteiger partial charge in [0.25, 0.3) is 5.91 Å². The van der Waals surface area contributed by atoms with Crippen molar-refractivity contribution in [2.24, 2.45) is 0 Å². The maximum Gasteiger partial charge on any atom is 0.255 e. The number of aryl methyl sites for hydroxylation is 3. The zero-order valence-corrected chi connectivity index (χ0v) is 15.5. The third-order valence-corrected chi connectivity index (χ3v) is 4.73. The second kappa shape index (κ2) is 6.68. The van der Waals surface area contributed by atoms with E-state index in [0.29, 0.717) is 5.56 Å². The molecule has 0 radical (unpaired) electrons. The number of hydrogen-bond acceptors (Lipinski definition) is 3. The Hall–Kier alpha value is -3.47. The van der Waals surface area contributed by atoms with Gasteiger partial charge in [-0.25, -0.2) is 0 Å². The first-order chi connectivity index (χ1) is 13.0. The van der Waals surface area contributed by atoms with Crippen molar-refractivity contribution in [3.05, 3.63) is 82.9 Å². The molecular formula is C22H20N4O. The van der Waals surface area contributed by atoms with E-state index in [1.807, 2.05) is 81.4 Å². The quantitative estimate of drug-likeness (QED) is 0.584. The van der Waals surface area contributed by atoms with E-state index in [2.05, 4.69) is 15.5 Å². The van der Waals surface area contributed by atoms with Crippen LogP contribution in [0.5, 0.6) is 0 Å². The summed E-state index contributed by atoms with van der Waals surface area (Å²) in [6.07, 6.45) is 0. The molecule has 1 aromatic heterocycles. The van der Waals surface area contributed by atoms with Gasteiger partial charge in [-0.2, -0.15) is 4.80 Å². The second-order valence-electron chi connectivity index (χ2n) is 6.73. The van der Waals surface area contributed by atoms with Crippen molar-refractivity contribution in [3.8, 4) is 5.69 Å². The molecule has 0 unspecified atom stereocenters. The van der Waals surface area contributed by atoms with Crippen molar-refractivity contribution in [3.63, 3.8) is 0 Å². The fourth-order valence-electron chi connectivity index (χ4n) is 2.96. The molecule has 0 saturated carbocycles. The molecule has 1 heterocycles. The highest BCUT2D eigenvalue weighted by Crippen LogP contribution is 2.23. The molecule has 4 aromatic rings. The van der Waals surface area contributed by atoms with Crippen molar-refractivity contribution in [2.45, 2.75) is 20.8 Å². The number of hydrogen-bond donors (Lipinski definition) is 1. The lowest BCUT2D eigenvalue weighted by Crippen LogP contribution is -2.13. The number of benzene rings is 3. The van der Waals surface area contributed by atoms with Gasteiger partial charge in [-0.1, -0.05) is 24.3 Å². The maximum atomic E-state index is 12.6. The number of nitrogens with zero attached hydrogens (tertiary/aromatic N) is 3. The number of fused-ring (bicyclic) bond motifs is 1. The van der Waals surface area contributed by atoms with Gasteiger partial charge in [0, 0.05) is 11.3 Å². The molecule has 134 valence electrons. The van der Waals surface area contributed by atoms with Gasteiger partial charge < -0.3 is 5.32 Å². The first-order valence-electron chi connectivity index (χ1n) is 8.83. The summed E-state index contributed by atoms with van der Waals surface area (Å²) in [6.45, 7) is 5.99. The SMILES string of the molecule is Cc1ccc(C(=O)Nc2cc3nn(-c4ccccc4)nc3cc2C)cc1C. The highest BCUT2D eigenvalue weighted by molar-refractivity contribution is 6.05. The number of anilines is 1. The Labute approximate surface area is 157 Å². The fourth-order valence-corrected chi connectivity index (χ4v) is 2.96. The lowest BCUT2D eigenvalue weighted by atomic mass is 10.1. The average Bonchev–Trinajstić information content (AvgIpc) is 3.07. The van der Waals surface area contributed by atoms with Crippen molar-refractivity contribution in [1.82, 2.24) is 15.0 Å². The van der Waals surface area contributed by atoms with Gasteiger partial charge in [-0.3, -0.25) is 4.79 Å². The summed E-state index contributed by atoms with van der Waals surface area (Å²) in [7, 11) is 0. The van der Waals surface area contributed by atoms with Gasteiger partial charge in [0.15, 0.2) is 0 Å². The summed E-state index contributed by atoms with van der Waals surface area (Å²) in [6, 6.07) is 19.3. The lowest BCUT2D eigenvalue weighted by molar-refractivity contribution is 0.102. The van der Waals surface area contributed by atoms with Gasteiger partial charge in [-0.05, 0) is 73.9 Å². The Bertz CT molecular complexity index is 1150. The Morgan fingerprint density at radius 2 is 1.52 bits per heavy atom. The van der Waals surface area contributed by atoms with Crippen molar-refractivity contribution < 1.29 is 4.79 Å².